The molecule has 8 nitrogen and oxygen atoms in total. The molecular formula is C15H15N3O5. The van der Waals surface area contributed by atoms with Crippen LogP contribution in [0.25, 0.3) is 0 Å². The summed E-state index contributed by atoms with van der Waals surface area (Å²) in [7, 11) is 1.52. The number of ether oxygens (including phenoxy) is 1. The molecule has 0 aliphatic carbocycles. The third kappa shape index (κ3) is 4.01. The van der Waals surface area contributed by atoms with Gasteiger partial charge in [-0.15, -0.1) is 0 Å². The number of nitro groups is 1. The van der Waals surface area contributed by atoms with E-state index in [1.807, 2.05) is 0 Å². The summed E-state index contributed by atoms with van der Waals surface area (Å²) in [4.78, 5) is 34.2. The molecule has 1 heterocycles. The molecule has 1 amide bonds. The second-order valence-corrected chi connectivity index (χ2v) is 4.67. The normalized spacial score (nSPS) is 10.3. The smallest absolute Gasteiger partial charge is 0.282 e. The summed E-state index contributed by atoms with van der Waals surface area (Å²) in [5.74, 6) is -0.616. The third-order valence-electron chi connectivity index (χ3n) is 3.12. The number of benzene rings is 1. The molecule has 0 fully saturated rings. The van der Waals surface area contributed by atoms with Crippen molar-refractivity contribution in [2.24, 2.45) is 0 Å². The van der Waals surface area contributed by atoms with Crippen LogP contribution in [0.1, 0.15) is 10.4 Å². The van der Waals surface area contributed by atoms with Crippen molar-refractivity contribution in [3.05, 3.63) is 68.6 Å². The lowest BCUT2D eigenvalue weighted by Gasteiger charge is -2.09. The number of rotatable bonds is 6. The summed E-state index contributed by atoms with van der Waals surface area (Å²) in [5.41, 5.74) is -0.195. The Bertz CT molecular complexity index is 785. The molecule has 120 valence electrons. The van der Waals surface area contributed by atoms with Crippen LogP contribution in [0, 0.1) is 10.1 Å². The fraction of sp³-hybridized carbons (Fsp3) is 0.200. The fourth-order valence-electron chi connectivity index (χ4n) is 1.99. The highest BCUT2D eigenvalue weighted by Gasteiger charge is 2.19. The summed E-state index contributed by atoms with van der Waals surface area (Å²) in [6.07, 6.45) is 1.47. The average molecular weight is 317 g/mol. The molecule has 0 aliphatic rings. The Labute approximate surface area is 131 Å². The van der Waals surface area contributed by atoms with Crippen LogP contribution in [0.3, 0.4) is 0 Å². The van der Waals surface area contributed by atoms with E-state index in [0.29, 0.717) is 18.8 Å². The van der Waals surface area contributed by atoms with Crippen LogP contribution < -0.4 is 10.9 Å². The van der Waals surface area contributed by atoms with Gasteiger partial charge in [0.1, 0.15) is 5.56 Å². The SMILES string of the molecule is COCCn1cc(NC(=O)c2ccccc2[N+](=O)[O-])ccc1=O. The second-order valence-electron chi connectivity index (χ2n) is 4.67. The van der Waals surface area contributed by atoms with Gasteiger partial charge in [-0.3, -0.25) is 19.7 Å². The van der Waals surface area contributed by atoms with Crippen LogP contribution >= 0.6 is 0 Å². The zero-order chi connectivity index (χ0) is 16.8. The third-order valence-corrected chi connectivity index (χ3v) is 3.12. The van der Waals surface area contributed by atoms with Crippen molar-refractivity contribution in [3.63, 3.8) is 0 Å². The maximum atomic E-state index is 12.2. The predicted octanol–water partition coefficient (Wildman–Crippen LogP) is 1.66. The quantitative estimate of drug-likeness (QED) is 0.644. The van der Waals surface area contributed by atoms with Crippen LogP contribution in [0.5, 0.6) is 0 Å². The number of pyridine rings is 1. The summed E-state index contributed by atoms with van der Waals surface area (Å²) in [6, 6.07) is 8.41. The monoisotopic (exact) mass is 317 g/mol. The van der Waals surface area contributed by atoms with Gasteiger partial charge in [-0.1, -0.05) is 12.1 Å². The number of hydrogen-bond donors (Lipinski definition) is 1. The molecule has 23 heavy (non-hydrogen) atoms. The molecule has 1 aromatic carbocycles. The molecule has 0 radical (unpaired) electrons. The minimum Gasteiger partial charge on any atom is -0.383 e. The Kier molecular flexibility index (Phi) is 5.21. The lowest BCUT2D eigenvalue weighted by molar-refractivity contribution is -0.385. The maximum absolute atomic E-state index is 12.2. The molecule has 0 atom stereocenters. The van der Waals surface area contributed by atoms with Crippen molar-refractivity contribution in [3.8, 4) is 0 Å². The molecule has 0 unspecified atom stereocenters. The van der Waals surface area contributed by atoms with E-state index in [1.165, 1.54) is 48.2 Å². The summed E-state index contributed by atoms with van der Waals surface area (Å²) in [5, 5.41) is 13.5. The summed E-state index contributed by atoms with van der Waals surface area (Å²) >= 11 is 0. The van der Waals surface area contributed by atoms with Crippen LogP contribution in [0.4, 0.5) is 11.4 Å². The van der Waals surface area contributed by atoms with Crippen LogP contribution in [0.2, 0.25) is 0 Å². The van der Waals surface area contributed by atoms with Crippen LogP contribution in [-0.2, 0) is 11.3 Å². The molecule has 1 N–H and O–H groups in total. The molecular weight excluding hydrogens is 302 g/mol. The van der Waals surface area contributed by atoms with Crippen molar-refractivity contribution in [2.45, 2.75) is 6.54 Å². The number of para-hydroxylation sites is 1. The summed E-state index contributed by atoms with van der Waals surface area (Å²) in [6.45, 7) is 0.687. The number of methoxy groups -OCH3 is 1. The Balaban J connectivity index is 2.24. The molecule has 0 saturated carbocycles. The molecule has 2 rings (SSSR count). The van der Waals surface area contributed by atoms with E-state index in [0.717, 1.165) is 0 Å². The van der Waals surface area contributed by atoms with Gasteiger partial charge in [0.25, 0.3) is 17.2 Å². The van der Waals surface area contributed by atoms with E-state index >= 15 is 0 Å². The van der Waals surface area contributed by atoms with E-state index in [1.54, 1.807) is 6.07 Å². The number of hydrogen-bond acceptors (Lipinski definition) is 5. The first-order valence-corrected chi connectivity index (χ1v) is 6.77. The number of carbonyl (C=O) groups excluding carboxylic acids is 1. The Morgan fingerprint density at radius 1 is 1.30 bits per heavy atom. The Morgan fingerprint density at radius 2 is 2.04 bits per heavy atom. The minimum atomic E-state index is -0.617. The molecule has 0 aliphatic heterocycles. The van der Waals surface area contributed by atoms with Gasteiger partial charge in [0.15, 0.2) is 0 Å². The lowest BCUT2D eigenvalue weighted by atomic mass is 10.1. The van der Waals surface area contributed by atoms with Crippen molar-refractivity contribution in [1.29, 1.82) is 0 Å². The highest BCUT2D eigenvalue weighted by Crippen LogP contribution is 2.19. The van der Waals surface area contributed by atoms with Gasteiger partial charge < -0.3 is 14.6 Å². The largest absolute Gasteiger partial charge is 0.383 e. The van der Waals surface area contributed by atoms with E-state index in [2.05, 4.69) is 5.32 Å². The van der Waals surface area contributed by atoms with Crippen molar-refractivity contribution in [1.82, 2.24) is 4.57 Å². The number of aromatic nitrogens is 1. The number of anilines is 1. The van der Waals surface area contributed by atoms with Crippen LogP contribution in [0.15, 0.2) is 47.4 Å². The maximum Gasteiger partial charge on any atom is 0.282 e. The van der Waals surface area contributed by atoms with Crippen molar-refractivity contribution < 1.29 is 14.5 Å². The first kappa shape index (κ1) is 16.4. The van der Waals surface area contributed by atoms with E-state index in [9.17, 15) is 19.7 Å². The highest BCUT2D eigenvalue weighted by molar-refractivity contribution is 6.06. The van der Waals surface area contributed by atoms with Gasteiger partial charge >= 0.3 is 0 Å². The minimum absolute atomic E-state index is 0.0489. The van der Waals surface area contributed by atoms with Gasteiger partial charge in [0, 0.05) is 32.0 Å². The molecule has 1 aromatic heterocycles. The number of amides is 1. The Morgan fingerprint density at radius 3 is 2.74 bits per heavy atom. The van der Waals surface area contributed by atoms with E-state index in [-0.39, 0.29) is 16.8 Å². The lowest BCUT2D eigenvalue weighted by Crippen LogP contribution is -2.22. The van der Waals surface area contributed by atoms with Crippen molar-refractivity contribution >= 4 is 17.3 Å². The van der Waals surface area contributed by atoms with Crippen molar-refractivity contribution in [2.75, 3.05) is 19.0 Å². The zero-order valence-corrected chi connectivity index (χ0v) is 12.4. The number of nitrogens with zero attached hydrogens (tertiary/aromatic N) is 2. The van der Waals surface area contributed by atoms with Gasteiger partial charge in [0.05, 0.1) is 17.2 Å². The van der Waals surface area contributed by atoms with Gasteiger partial charge in [-0.05, 0) is 12.1 Å². The van der Waals surface area contributed by atoms with E-state index in [4.69, 9.17) is 4.74 Å². The topological polar surface area (TPSA) is 103 Å². The second kappa shape index (κ2) is 7.32. The first-order valence-electron chi connectivity index (χ1n) is 6.77. The Hall–Kier alpha value is -3.00. The number of nitrogens with one attached hydrogen (secondary N) is 1. The highest BCUT2D eigenvalue weighted by atomic mass is 16.6. The van der Waals surface area contributed by atoms with Gasteiger partial charge in [0.2, 0.25) is 0 Å². The van der Waals surface area contributed by atoms with Gasteiger partial charge in [-0.2, -0.15) is 0 Å². The molecule has 0 spiro atoms. The fourth-order valence-corrected chi connectivity index (χ4v) is 1.99. The predicted molar refractivity (Wildman–Crippen MR) is 83.6 cm³/mol. The molecule has 2 aromatic rings. The molecule has 0 saturated heterocycles. The zero-order valence-electron chi connectivity index (χ0n) is 12.4. The van der Waals surface area contributed by atoms with Gasteiger partial charge in [-0.25, -0.2) is 0 Å². The first-order chi connectivity index (χ1) is 11.0. The standard InChI is InChI=1S/C15H15N3O5/c1-23-9-8-17-10-11(6-7-14(17)19)16-15(20)12-4-2-3-5-13(12)18(21)22/h2-7,10H,8-9H2,1H3,(H,16,20). The average Bonchev–Trinajstić information content (AvgIpc) is 2.55. The van der Waals surface area contributed by atoms with E-state index < -0.39 is 10.8 Å². The molecule has 0 bridgehead atoms. The number of carbonyl (C=O) groups is 1. The molecule has 8 heteroatoms. The number of nitro benzene ring substituents is 1. The van der Waals surface area contributed by atoms with Crippen LogP contribution in [-0.4, -0.2) is 29.1 Å². The summed E-state index contributed by atoms with van der Waals surface area (Å²) < 4.78 is 6.30.